The fourth-order valence-electron chi connectivity index (χ4n) is 2.91. The average Bonchev–Trinajstić information content (AvgIpc) is 3.17. The normalized spacial score (nSPS) is 11.0. The molecule has 0 fully saturated rings. The maximum Gasteiger partial charge on any atom is 0.250 e. The number of nitrogens with one attached hydrogen (secondary N) is 2. The van der Waals surface area contributed by atoms with Gasteiger partial charge in [-0.3, -0.25) is 10.1 Å². The molecule has 0 aliphatic rings. The molecule has 1 heterocycles. The third kappa shape index (κ3) is 5.39. The molecule has 0 aliphatic carbocycles. The Balaban J connectivity index is 1.36. The monoisotopic (exact) mass is 447 g/mol. The molecule has 7 heteroatoms. The quantitative estimate of drug-likeness (QED) is 0.300. The summed E-state index contributed by atoms with van der Waals surface area (Å²) in [6, 6.07) is 19.8. The van der Waals surface area contributed by atoms with E-state index in [0.29, 0.717) is 0 Å². The van der Waals surface area contributed by atoms with E-state index in [-0.39, 0.29) is 16.8 Å². The summed E-state index contributed by atoms with van der Waals surface area (Å²) < 4.78 is 14.1. The second-order valence-corrected chi connectivity index (χ2v) is 8.33. The Labute approximate surface area is 188 Å². The van der Waals surface area contributed by atoms with Crippen LogP contribution in [0, 0.1) is 12.7 Å². The topological polar surface area (TPSA) is 54.0 Å². The highest BCUT2D eigenvalue weighted by Crippen LogP contribution is 2.31. The van der Waals surface area contributed by atoms with E-state index in [1.54, 1.807) is 29.5 Å². The third-order valence-corrected chi connectivity index (χ3v) is 5.74. The van der Waals surface area contributed by atoms with Gasteiger partial charge in [-0.1, -0.05) is 18.2 Å². The second-order valence-electron chi connectivity index (χ2n) is 6.90. The number of hydrogen-bond donors (Lipinski definition) is 2. The van der Waals surface area contributed by atoms with Gasteiger partial charge in [-0.2, -0.15) is 0 Å². The lowest BCUT2D eigenvalue weighted by molar-refractivity contribution is -0.115. The van der Waals surface area contributed by atoms with E-state index in [1.165, 1.54) is 23.8 Å². The van der Waals surface area contributed by atoms with E-state index in [2.05, 4.69) is 29.7 Å². The van der Waals surface area contributed by atoms with Crippen LogP contribution < -0.4 is 10.6 Å². The minimum atomic E-state index is -0.372. The number of amides is 1. The Morgan fingerprint density at radius 2 is 1.81 bits per heavy atom. The fraction of sp³-hybridized carbons (Fsp3) is 0.0417. The van der Waals surface area contributed by atoms with Crippen LogP contribution in [0.2, 0.25) is 0 Å². The SMILES string of the molecule is Cc1ccc2nc(-c3ccc(NC(=S)NC(=O)C=Cc4ccc(F)cc4)cc3)sc2c1. The van der Waals surface area contributed by atoms with Crippen molar-refractivity contribution >= 4 is 56.6 Å². The van der Waals surface area contributed by atoms with Crippen LogP contribution in [-0.4, -0.2) is 16.0 Å². The number of rotatable bonds is 4. The van der Waals surface area contributed by atoms with Crippen molar-refractivity contribution in [2.24, 2.45) is 0 Å². The highest BCUT2D eigenvalue weighted by Gasteiger charge is 2.07. The number of fused-ring (bicyclic) bond motifs is 1. The summed E-state index contributed by atoms with van der Waals surface area (Å²) in [5.74, 6) is -0.695. The van der Waals surface area contributed by atoms with Gasteiger partial charge in [-0.25, -0.2) is 9.37 Å². The molecule has 0 saturated carbocycles. The summed E-state index contributed by atoms with van der Waals surface area (Å²) in [5.41, 5.74) is 4.70. The smallest absolute Gasteiger partial charge is 0.250 e. The Kier molecular flexibility index (Phi) is 6.16. The molecule has 4 nitrogen and oxygen atoms in total. The van der Waals surface area contributed by atoms with Gasteiger partial charge in [-0.05, 0) is 84.9 Å². The van der Waals surface area contributed by atoms with E-state index >= 15 is 0 Å². The molecule has 0 unspecified atom stereocenters. The summed E-state index contributed by atoms with van der Waals surface area (Å²) in [4.78, 5) is 16.7. The van der Waals surface area contributed by atoms with Crippen molar-refractivity contribution in [2.45, 2.75) is 6.92 Å². The standard InChI is InChI=1S/C24H18FN3OS2/c1-15-2-12-20-21(14-15)31-23(27-20)17-6-10-19(11-7-17)26-24(30)28-22(29)13-5-16-3-8-18(25)9-4-16/h2-14H,1H3,(H2,26,28,29,30). The molecule has 1 aromatic heterocycles. The van der Waals surface area contributed by atoms with Gasteiger partial charge in [0, 0.05) is 17.3 Å². The summed E-state index contributed by atoms with van der Waals surface area (Å²) >= 11 is 6.86. The lowest BCUT2D eigenvalue weighted by Gasteiger charge is -2.08. The zero-order valence-corrected chi connectivity index (χ0v) is 18.2. The molecule has 0 spiro atoms. The van der Waals surface area contributed by atoms with Gasteiger partial charge < -0.3 is 5.32 Å². The van der Waals surface area contributed by atoms with Crippen LogP contribution in [0.25, 0.3) is 26.9 Å². The minimum Gasteiger partial charge on any atom is -0.332 e. The first-order valence-electron chi connectivity index (χ1n) is 9.49. The number of aromatic nitrogens is 1. The van der Waals surface area contributed by atoms with Crippen molar-refractivity contribution in [3.05, 3.63) is 89.8 Å². The van der Waals surface area contributed by atoms with Crippen molar-refractivity contribution in [2.75, 3.05) is 5.32 Å². The number of halogens is 1. The van der Waals surface area contributed by atoms with Crippen LogP contribution >= 0.6 is 23.6 Å². The molecule has 0 radical (unpaired) electrons. The van der Waals surface area contributed by atoms with E-state index in [9.17, 15) is 9.18 Å². The summed E-state index contributed by atoms with van der Waals surface area (Å²) in [6.07, 6.45) is 2.94. The molecule has 4 aromatic rings. The number of anilines is 1. The van der Waals surface area contributed by atoms with E-state index in [1.807, 2.05) is 30.3 Å². The van der Waals surface area contributed by atoms with Crippen molar-refractivity contribution in [1.82, 2.24) is 10.3 Å². The summed E-state index contributed by atoms with van der Waals surface area (Å²) in [5, 5.41) is 6.72. The van der Waals surface area contributed by atoms with E-state index in [4.69, 9.17) is 17.2 Å². The first-order chi connectivity index (χ1) is 15.0. The maximum atomic E-state index is 12.9. The highest BCUT2D eigenvalue weighted by molar-refractivity contribution is 7.80. The molecule has 31 heavy (non-hydrogen) atoms. The van der Waals surface area contributed by atoms with Crippen molar-refractivity contribution < 1.29 is 9.18 Å². The van der Waals surface area contributed by atoms with E-state index < -0.39 is 0 Å². The Bertz CT molecular complexity index is 1280. The first-order valence-corrected chi connectivity index (χ1v) is 10.7. The van der Waals surface area contributed by atoms with Crippen LogP contribution in [0.15, 0.2) is 72.8 Å². The van der Waals surface area contributed by atoms with Crippen LogP contribution in [0.5, 0.6) is 0 Å². The molecule has 2 N–H and O–H groups in total. The van der Waals surface area contributed by atoms with Gasteiger partial charge in [0.15, 0.2) is 5.11 Å². The van der Waals surface area contributed by atoms with Crippen LogP contribution in [0.1, 0.15) is 11.1 Å². The molecule has 1 amide bonds. The largest absolute Gasteiger partial charge is 0.332 e. The lowest BCUT2D eigenvalue weighted by atomic mass is 10.2. The van der Waals surface area contributed by atoms with Gasteiger partial charge in [0.2, 0.25) is 5.91 Å². The molecule has 0 atom stereocenters. The maximum absolute atomic E-state index is 12.9. The predicted octanol–water partition coefficient (Wildman–Crippen LogP) is 5.94. The van der Waals surface area contributed by atoms with Gasteiger partial charge >= 0.3 is 0 Å². The van der Waals surface area contributed by atoms with Crippen LogP contribution in [-0.2, 0) is 4.79 Å². The zero-order chi connectivity index (χ0) is 21.8. The van der Waals surface area contributed by atoms with Gasteiger partial charge in [-0.15, -0.1) is 11.3 Å². The third-order valence-electron chi connectivity index (χ3n) is 4.47. The highest BCUT2D eigenvalue weighted by atomic mass is 32.1. The van der Waals surface area contributed by atoms with Gasteiger partial charge in [0.25, 0.3) is 0 Å². The molecular weight excluding hydrogens is 429 g/mol. The van der Waals surface area contributed by atoms with Gasteiger partial charge in [0.05, 0.1) is 10.2 Å². The second kappa shape index (κ2) is 9.16. The molecule has 3 aromatic carbocycles. The first kappa shape index (κ1) is 20.8. The number of carbonyl (C=O) groups excluding carboxylic acids is 1. The van der Waals surface area contributed by atoms with Crippen molar-refractivity contribution in [3.63, 3.8) is 0 Å². The van der Waals surface area contributed by atoms with Crippen molar-refractivity contribution in [1.29, 1.82) is 0 Å². The molecular formula is C24H18FN3OS2. The Morgan fingerprint density at radius 3 is 2.55 bits per heavy atom. The summed E-state index contributed by atoms with van der Waals surface area (Å²) in [7, 11) is 0. The molecule has 0 aliphatic heterocycles. The van der Waals surface area contributed by atoms with Crippen LogP contribution in [0.3, 0.4) is 0 Å². The molecule has 0 bridgehead atoms. The number of thiazole rings is 1. The number of nitrogens with zero attached hydrogens (tertiary/aromatic N) is 1. The number of hydrogen-bond acceptors (Lipinski definition) is 4. The zero-order valence-electron chi connectivity index (χ0n) is 16.6. The van der Waals surface area contributed by atoms with Crippen molar-refractivity contribution in [3.8, 4) is 10.6 Å². The molecule has 0 saturated heterocycles. The van der Waals surface area contributed by atoms with E-state index in [0.717, 1.165) is 32.0 Å². The molecule has 154 valence electrons. The predicted molar refractivity (Wildman–Crippen MR) is 130 cm³/mol. The number of aryl methyl sites for hydroxylation is 1. The minimum absolute atomic E-state index is 0.192. The number of benzene rings is 3. The number of carbonyl (C=O) groups is 1. The lowest BCUT2D eigenvalue weighted by Crippen LogP contribution is -2.32. The van der Waals surface area contributed by atoms with Gasteiger partial charge in [0.1, 0.15) is 10.8 Å². The van der Waals surface area contributed by atoms with Crippen LogP contribution in [0.4, 0.5) is 10.1 Å². The molecule has 4 rings (SSSR count). The Morgan fingerprint density at radius 1 is 1.06 bits per heavy atom. The number of thiocarbonyl (C=S) groups is 1. The fourth-order valence-corrected chi connectivity index (χ4v) is 4.20. The average molecular weight is 448 g/mol. The Hall–Kier alpha value is -3.42. The summed E-state index contributed by atoms with van der Waals surface area (Å²) in [6.45, 7) is 2.07.